The number of alkyl halides is 3. The molecule has 5 rings (SSSR count). The van der Waals surface area contributed by atoms with Crippen LogP contribution < -0.4 is 10.5 Å². The van der Waals surface area contributed by atoms with Crippen molar-refractivity contribution in [3.63, 3.8) is 0 Å². The van der Waals surface area contributed by atoms with Crippen molar-refractivity contribution < 1.29 is 17.9 Å². The van der Waals surface area contributed by atoms with Crippen LogP contribution in [0.15, 0.2) is 59.5 Å². The number of morpholine rings is 1. The molecule has 0 radical (unpaired) electrons. The highest BCUT2D eigenvalue weighted by molar-refractivity contribution is 6.04. The molecule has 6 nitrogen and oxygen atoms in total. The fraction of sp³-hybridized carbons (Fsp3) is 0.273. The van der Waals surface area contributed by atoms with E-state index in [-0.39, 0.29) is 10.9 Å². The summed E-state index contributed by atoms with van der Waals surface area (Å²) < 4.78 is 47.4. The third-order valence-corrected chi connectivity index (χ3v) is 5.49. The van der Waals surface area contributed by atoms with Crippen molar-refractivity contribution in [3.8, 4) is 5.69 Å². The largest absolute Gasteiger partial charge is 0.406 e. The van der Waals surface area contributed by atoms with E-state index in [1.54, 1.807) is 22.9 Å². The third kappa shape index (κ3) is 3.44. The van der Waals surface area contributed by atoms with Gasteiger partial charge in [0.25, 0.3) is 5.56 Å². The van der Waals surface area contributed by atoms with Crippen molar-refractivity contribution in [2.45, 2.75) is 12.7 Å². The second-order valence-electron chi connectivity index (χ2n) is 7.43. The van der Waals surface area contributed by atoms with Gasteiger partial charge < -0.3 is 9.64 Å². The molecule has 0 spiro atoms. The summed E-state index contributed by atoms with van der Waals surface area (Å²) in [6.45, 7) is 1.31. The second kappa shape index (κ2) is 7.42. The Bertz CT molecular complexity index is 1320. The second-order valence-corrected chi connectivity index (χ2v) is 7.43. The first kappa shape index (κ1) is 19.6. The van der Waals surface area contributed by atoms with Crippen LogP contribution in [0.5, 0.6) is 0 Å². The topological polar surface area (TPSA) is 52.3 Å². The quantitative estimate of drug-likeness (QED) is 0.499. The van der Waals surface area contributed by atoms with Crippen LogP contribution in [0.2, 0.25) is 0 Å². The Morgan fingerprint density at radius 1 is 0.935 bits per heavy atom. The molecule has 0 aliphatic carbocycles. The monoisotopic (exact) mass is 428 g/mol. The van der Waals surface area contributed by atoms with Gasteiger partial charge in [-0.15, -0.1) is 0 Å². The number of fused-ring (bicyclic) bond motifs is 3. The van der Waals surface area contributed by atoms with Crippen LogP contribution >= 0.6 is 0 Å². The fourth-order valence-electron chi connectivity index (χ4n) is 4.16. The van der Waals surface area contributed by atoms with Gasteiger partial charge in [-0.05, 0) is 18.2 Å². The average molecular weight is 428 g/mol. The number of rotatable bonds is 3. The molecule has 31 heavy (non-hydrogen) atoms. The maximum atomic E-state index is 13.2. The first-order chi connectivity index (χ1) is 14.9. The summed E-state index contributed by atoms with van der Waals surface area (Å²) in [5.41, 5.74) is 1.71. The zero-order valence-corrected chi connectivity index (χ0v) is 16.5. The van der Waals surface area contributed by atoms with E-state index in [2.05, 4.69) is 10.00 Å². The highest BCUT2D eigenvalue weighted by atomic mass is 19.4. The number of aromatic nitrogens is 3. The highest BCUT2D eigenvalue weighted by Gasteiger charge is 2.30. The number of hydrogen-bond donors (Lipinski definition) is 0. The van der Waals surface area contributed by atoms with Crippen molar-refractivity contribution in [2.24, 2.45) is 0 Å². The third-order valence-electron chi connectivity index (χ3n) is 5.49. The van der Waals surface area contributed by atoms with E-state index in [1.807, 2.05) is 24.3 Å². The van der Waals surface area contributed by atoms with Gasteiger partial charge in [0.15, 0.2) is 0 Å². The molecule has 1 aliphatic rings. The van der Waals surface area contributed by atoms with E-state index >= 15 is 0 Å². The van der Waals surface area contributed by atoms with Crippen molar-refractivity contribution in [1.29, 1.82) is 0 Å². The van der Waals surface area contributed by atoms with E-state index in [0.29, 0.717) is 24.1 Å². The van der Waals surface area contributed by atoms with E-state index < -0.39 is 18.3 Å². The van der Waals surface area contributed by atoms with E-state index in [4.69, 9.17) is 4.74 Å². The van der Waals surface area contributed by atoms with Gasteiger partial charge in [-0.2, -0.15) is 18.3 Å². The Balaban J connectivity index is 1.78. The van der Waals surface area contributed by atoms with Crippen molar-refractivity contribution in [1.82, 2.24) is 14.3 Å². The standard InChI is InChI=1S/C22H19F3N4O2/c23-22(24,25)14-28-17-6-2-1-5-15(17)20-16(21(28)30)13-26-29(20)19-8-4-3-7-18(19)27-9-11-31-12-10-27/h1-8,13H,9-12,14H2. The minimum atomic E-state index is -4.51. The highest BCUT2D eigenvalue weighted by Crippen LogP contribution is 2.31. The number of benzene rings is 2. The van der Waals surface area contributed by atoms with Crippen LogP contribution in [0.4, 0.5) is 18.9 Å². The molecular formula is C22H19F3N4O2. The van der Waals surface area contributed by atoms with Gasteiger partial charge in [0.1, 0.15) is 6.54 Å². The molecule has 1 saturated heterocycles. The van der Waals surface area contributed by atoms with Gasteiger partial charge in [-0.1, -0.05) is 30.3 Å². The predicted octanol–water partition coefficient (Wildman–Crippen LogP) is 3.74. The molecule has 0 unspecified atom stereocenters. The number of nitrogens with zero attached hydrogens (tertiary/aromatic N) is 4. The molecule has 4 aromatic rings. The normalized spacial score (nSPS) is 15.1. The molecule has 1 aliphatic heterocycles. The Kier molecular flexibility index (Phi) is 4.70. The lowest BCUT2D eigenvalue weighted by atomic mass is 10.1. The van der Waals surface area contributed by atoms with E-state index in [9.17, 15) is 18.0 Å². The molecule has 160 valence electrons. The molecule has 9 heteroatoms. The molecule has 0 saturated carbocycles. The summed E-state index contributed by atoms with van der Waals surface area (Å²) in [4.78, 5) is 15.2. The molecule has 0 atom stereocenters. The minimum absolute atomic E-state index is 0.153. The Hall–Kier alpha value is -3.33. The van der Waals surface area contributed by atoms with E-state index in [1.165, 1.54) is 12.3 Å². The van der Waals surface area contributed by atoms with Crippen LogP contribution in [0, 0.1) is 0 Å². The molecule has 0 N–H and O–H groups in total. The van der Waals surface area contributed by atoms with Crippen molar-refractivity contribution in [2.75, 3.05) is 31.2 Å². The van der Waals surface area contributed by atoms with Gasteiger partial charge in [-0.25, -0.2) is 4.68 Å². The van der Waals surface area contributed by atoms with Crippen molar-refractivity contribution >= 4 is 27.5 Å². The lowest BCUT2D eigenvalue weighted by Crippen LogP contribution is -2.36. The first-order valence-corrected chi connectivity index (χ1v) is 9.92. The van der Waals surface area contributed by atoms with Gasteiger partial charge >= 0.3 is 6.18 Å². The van der Waals surface area contributed by atoms with Crippen LogP contribution in [0.1, 0.15) is 0 Å². The molecular weight excluding hydrogens is 409 g/mol. The Morgan fingerprint density at radius 2 is 1.61 bits per heavy atom. The Morgan fingerprint density at radius 3 is 2.35 bits per heavy atom. The van der Waals surface area contributed by atoms with Crippen LogP contribution in [0.25, 0.3) is 27.5 Å². The lowest BCUT2D eigenvalue weighted by Gasteiger charge is -2.30. The fourth-order valence-corrected chi connectivity index (χ4v) is 4.16. The molecule has 2 aromatic heterocycles. The summed E-state index contributed by atoms with van der Waals surface area (Å²) in [7, 11) is 0. The molecule has 0 bridgehead atoms. The Labute approximate surface area is 175 Å². The smallest absolute Gasteiger partial charge is 0.378 e. The first-order valence-electron chi connectivity index (χ1n) is 9.92. The van der Waals surface area contributed by atoms with Gasteiger partial charge in [0.2, 0.25) is 0 Å². The number of halogens is 3. The maximum absolute atomic E-state index is 13.2. The number of pyridine rings is 1. The predicted molar refractivity (Wildman–Crippen MR) is 112 cm³/mol. The average Bonchev–Trinajstić information content (AvgIpc) is 3.22. The molecule has 1 fully saturated rings. The van der Waals surface area contributed by atoms with Gasteiger partial charge in [0, 0.05) is 18.5 Å². The van der Waals surface area contributed by atoms with E-state index in [0.717, 1.165) is 29.0 Å². The van der Waals surface area contributed by atoms with Crippen LogP contribution in [-0.2, 0) is 11.3 Å². The zero-order valence-electron chi connectivity index (χ0n) is 16.5. The van der Waals surface area contributed by atoms with Crippen molar-refractivity contribution in [3.05, 3.63) is 65.1 Å². The summed E-state index contributed by atoms with van der Waals surface area (Å²) in [5, 5.41) is 5.12. The number of anilines is 1. The summed E-state index contributed by atoms with van der Waals surface area (Å²) in [6.07, 6.45) is -3.16. The molecule has 3 heterocycles. The van der Waals surface area contributed by atoms with Gasteiger partial charge in [0.05, 0.1) is 47.2 Å². The minimum Gasteiger partial charge on any atom is -0.378 e. The lowest BCUT2D eigenvalue weighted by molar-refractivity contribution is -0.140. The van der Waals surface area contributed by atoms with Gasteiger partial charge in [-0.3, -0.25) is 9.36 Å². The summed E-state index contributed by atoms with van der Waals surface area (Å²) >= 11 is 0. The summed E-state index contributed by atoms with van der Waals surface area (Å²) in [6, 6.07) is 14.3. The number of ether oxygens (including phenoxy) is 1. The summed E-state index contributed by atoms with van der Waals surface area (Å²) in [5.74, 6) is 0. The molecule has 2 aromatic carbocycles. The molecule has 0 amide bonds. The number of hydrogen-bond acceptors (Lipinski definition) is 4. The zero-order chi connectivity index (χ0) is 21.6. The number of para-hydroxylation sites is 3. The SMILES string of the molecule is O=c1c2cnn(-c3ccccc3N3CCOCC3)c2c2ccccc2n1CC(F)(F)F. The van der Waals surface area contributed by atoms with Crippen LogP contribution in [-0.4, -0.2) is 46.8 Å². The van der Waals surface area contributed by atoms with Crippen LogP contribution in [0.3, 0.4) is 0 Å². The maximum Gasteiger partial charge on any atom is 0.406 e.